The van der Waals surface area contributed by atoms with Crippen molar-refractivity contribution in [1.82, 2.24) is 15.1 Å². The zero-order chi connectivity index (χ0) is 17.4. The molecule has 26 heavy (non-hydrogen) atoms. The van der Waals surface area contributed by atoms with Gasteiger partial charge in [0.05, 0.1) is 0 Å². The monoisotopic (exact) mass is 383 g/mol. The van der Waals surface area contributed by atoms with Gasteiger partial charge in [-0.25, -0.2) is 0 Å². The highest BCUT2D eigenvalue weighted by Gasteiger charge is 2.58. The molecular formula is C20H34ClN3O2. The topological polar surface area (TPSA) is 52.7 Å². The molecule has 4 fully saturated rings. The highest BCUT2D eigenvalue weighted by atomic mass is 35.5. The number of hydrogen-bond donors (Lipinski definition) is 1. The van der Waals surface area contributed by atoms with Crippen molar-refractivity contribution in [2.45, 2.75) is 51.9 Å². The van der Waals surface area contributed by atoms with Crippen molar-refractivity contribution in [3.8, 4) is 0 Å². The predicted octanol–water partition coefficient (Wildman–Crippen LogP) is 2.30. The number of halogens is 1. The third-order valence-corrected chi connectivity index (χ3v) is 7.34. The van der Waals surface area contributed by atoms with Gasteiger partial charge in [0.2, 0.25) is 11.8 Å². The van der Waals surface area contributed by atoms with Gasteiger partial charge in [0.15, 0.2) is 0 Å². The van der Waals surface area contributed by atoms with E-state index in [1.165, 1.54) is 0 Å². The van der Waals surface area contributed by atoms with Gasteiger partial charge in [0.1, 0.15) is 0 Å². The summed E-state index contributed by atoms with van der Waals surface area (Å²) in [7, 11) is 0. The Hall–Kier alpha value is -0.810. The molecule has 1 aliphatic carbocycles. The van der Waals surface area contributed by atoms with Crippen molar-refractivity contribution in [3.05, 3.63) is 0 Å². The first kappa shape index (κ1) is 19.9. The van der Waals surface area contributed by atoms with Crippen LogP contribution in [-0.4, -0.2) is 60.9 Å². The number of piperidine rings is 3. The Kier molecular flexibility index (Phi) is 6.18. The molecular weight excluding hydrogens is 350 g/mol. The van der Waals surface area contributed by atoms with Gasteiger partial charge in [0, 0.05) is 38.0 Å². The van der Waals surface area contributed by atoms with E-state index in [1.54, 1.807) is 0 Å². The molecule has 1 spiro atoms. The highest BCUT2D eigenvalue weighted by molar-refractivity contribution is 5.85. The molecule has 5 nitrogen and oxygen atoms in total. The second kappa shape index (κ2) is 8.05. The van der Waals surface area contributed by atoms with Crippen molar-refractivity contribution in [2.75, 3.05) is 39.3 Å². The fourth-order valence-corrected chi connectivity index (χ4v) is 5.23. The van der Waals surface area contributed by atoms with Crippen LogP contribution >= 0.6 is 12.4 Å². The molecule has 0 bridgehead atoms. The summed E-state index contributed by atoms with van der Waals surface area (Å²) in [6, 6.07) is 0. The van der Waals surface area contributed by atoms with Crippen molar-refractivity contribution >= 4 is 24.2 Å². The van der Waals surface area contributed by atoms with E-state index in [0.717, 1.165) is 90.1 Å². The number of carbonyl (C=O) groups is 2. The molecule has 1 saturated carbocycles. The molecule has 0 aromatic rings. The van der Waals surface area contributed by atoms with E-state index >= 15 is 0 Å². The van der Waals surface area contributed by atoms with Crippen LogP contribution in [0.2, 0.25) is 0 Å². The molecule has 0 radical (unpaired) electrons. The summed E-state index contributed by atoms with van der Waals surface area (Å²) in [6.07, 6.45) is 7.41. The highest BCUT2D eigenvalue weighted by Crippen LogP contribution is 2.59. The largest absolute Gasteiger partial charge is 0.342 e. The van der Waals surface area contributed by atoms with E-state index in [0.29, 0.717) is 17.2 Å². The Bertz CT molecular complexity index is 519. The minimum atomic E-state index is 0. The average Bonchev–Trinajstić information content (AvgIpc) is 3.34. The number of amides is 2. The number of nitrogens with one attached hydrogen (secondary N) is 1. The molecule has 148 valence electrons. The fraction of sp³-hybridized carbons (Fsp3) is 0.900. The van der Waals surface area contributed by atoms with Gasteiger partial charge in [-0.15, -0.1) is 12.4 Å². The van der Waals surface area contributed by atoms with Crippen LogP contribution < -0.4 is 5.32 Å². The van der Waals surface area contributed by atoms with E-state index in [9.17, 15) is 9.59 Å². The number of rotatable bonds is 2. The van der Waals surface area contributed by atoms with Crippen LogP contribution in [0, 0.1) is 23.2 Å². The third-order valence-electron chi connectivity index (χ3n) is 7.34. The number of hydrogen-bond acceptors (Lipinski definition) is 3. The van der Waals surface area contributed by atoms with Gasteiger partial charge >= 0.3 is 0 Å². The van der Waals surface area contributed by atoms with Crippen LogP contribution in [0.15, 0.2) is 0 Å². The summed E-state index contributed by atoms with van der Waals surface area (Å²) in [5.41, 5.74) is 0.319. The SMILES string of the molecule is CC1CCN(C(=O)C2CCN(C(=O)C3CC34CCNCC4)CC2)CC1.Cl. The quantitative estimate of drug-likeness (QED) is 0.796. The normalized spacial score (nSPS) is 29.3. The number of nitrogens with zero attached hydrogens (tertiary/aromatic N) is 2. The van der Waals surface area contributed by atoms with Crippen LogP contribution in [0.4, 0.5) is 0 Å². The molecule has 0 aromatic heterocycles. The first-order valence-corrected chi connectivity index (χ1v) is 10.4. The van der Waals surface area contributed by atoms with E-state index in [-0.39, 0.29) is 24.2 Å². The zero-order valence-corrected chi connectivity index (χ0v) is 16.9. The van der Waals surface area contributed by atoms with Gasteiger partial charge in [0.25, 0.3) is 0 Å². The maximum absolute atomic E-state index is 12.9. The van der Waals surface area contributed by atoms with Crippen LogP contribution in [0.5, 0.6) is 0 Å². The minimum Gasteiger partial charge on any atom is -0.342 e. The lowest BCUT2D eigenvalue weighted by molar-refractivity contribution is -0.142. The summed E-state index contributed by atoms with van der Waals surface area (Å²) >= 11 is 0. The van der Waals surface area contributed by atoms with E-state index in [1.807, 2.05) is 0 Å². The van der Waals surface area contributed by atoms with Crippen molar-refractivity contribution in [2.24, 2.45) is 23.2 Å². The molecule has 3 aliphatic heterocycles. The summed E-state index contributed by atoms with van der Waals surface area (Å²) in [6.45, 7) is 7.83. The lowest BCUT2D eigenvalue weighted by atomic mass is 9.90. The van der Waals surface area contributed by atoms with E-state index in [4.69, 9.17) is 0 Å². The second-order valence-electron chi connectivity index (χ2n) is 8.98. The summed E-state index contributed by atoms with van der Waals surface area (Å²) in [5, 5.41) is 3.40. The van der Waals surface area contributed by atoms with Gasteiger partial charge in [-0.1, -0.05) is 6.92 Å². The fourth-order valence-electron chi connectivity index (χ4n) is 5.23. The molecule has 2 amide bonds. The first-order valence-electron chi connectivity index (χ1n) is 10.4. The lowest BCUT2D eigenvalue weighted by Crippen LogP contribution is -2.47. The van der Waals surface area contributed by atoms with Crippen molar-refractivity contribution in [1.29, 1.82) is 0 Å². The predicted molar refractivity (Wildman–Crippen MR) is 104 cm³/mol. The molecule has 4 rings (SSSR count). The van der Waals surface area contributed by atoms with E-state index < -0.39 is 0 Å². The Balaban J connectivity index is 0.00000196. The molecule has 6 heteroatoms. The van der Waals surface area contributed by atoms with Crippen LogP contribution in [0.3, 0.4) is 0 Å². The average molecular weight is 384 g/mol. The Morgan fingerprint density at radius 3 is 2.04 bits per heavy atom. The summed E-state index contributed by atoms with van der Waals surface area (Å²) in [4.78, 5) is 29.7. The Labute approximate surface area is 163 Å². The Morgan fingerprint density at radius 1 is 0.885 bits per heavy atom. The minimum absolute atomic E-state index is 0. The third kappa shape index (κ3) is 3.89. The first-order chi connectivity index (χ1) is 12.1. The second-order valence-corrected chi connectivity index (χ2v) is 8.98. The molecule has 4 aliphatic rings. The zero-order valence-electron chi connectivity index (χ0n) is 16.0. The van der Waals surface area contributed by atoms with Gasteiger partial charge < -0.3 is 15.1 Å². The number of likely N-dealkylation sites (tertiary alicyclic amines) is 2. The maximum Gasteiger partial charge on any atom is 0.226 e. The summed E-state index contributed by atoms with van der Waals surface area (Å²) in [5.74, 6) is 1.89. The molecule has 3 saturated heterocycles. The maximum atomic E-state index is 12.9. The molecule has 1 atom stereocenters. The molecule has 1 unspecified atom stereocenters. The molecule has 1 N–H and O–H groups in total. The van der Waals surface area contributed by atoms with Gasteiger partial charge in [-0.3, -0.25) is 9.59 Å². The van der Waals surface area contributed by atoms with Crippen LogP contribution in [-0.2, 0) is 9.59 Å². The van der Waals surface area contributed by atoms with E-state index in [2.05, 4.69) is 22.0 Å². The standard InChI is InChI=1S/C20H33N3O2.ClH/c1-15-2-10-22(11-3-15)18(24)16-4-12-23(13-5-16)19(25)17-14-20(17)6-8-21-9-7-20;/h15-17,21H,2-14H2,1H3;1H. The lowest BCUT2D eigenvalue weighted by Gasteiger charge is -2.37. The molecule has 0 aromatic carbocycles. The summed E-state index contributed by atoms with van der Waals surface area (Å²) < 4.78 is 0. The van der Waals surface area contributed by atoms with Crippen molar-refractivity contribution in [3.63, 3.8) is 0 Å². The van der Waals surface area contributed by atoms with Crippen LogP contribution in [0.1, 0.15) is 51.9 Å². The Morgan fingerprint density at radius 2 is 1.42 bits per heavy atom. The smallest absolute Gasteiger partial charge is 0.226 e. The van der Waals surface area contributed by atoms with Crippen molar-refractivity contribution < 1.29 is 9.59 Å². The number of carbonyl (C=O) groups excluding carboxylic acids is 2. The van der Waals surface area contributed by atoms with Gasteiger partial charge in [-0.05, 0) is 69.4 Å². The van der Waals surface area contributed by atoms with Crippen LogP contribution in [0.25, 0.3) is 0 Å². The molecule has 3 heterocycles. The van der Waals surface area contributed by atoms with Gasteiger partial charge in [-0.2, -0.15) is 0 Å².